The summed E-state index contributed by atoms with van der Waals surface area (Å²) in [4.78, 5) is 20.4. The van der Waals surface area contributed by atoms with Gasteiger partial charge in [0.2, 0.25) is 0 Å². The highest BCUT2D eigenvalue weighted by Gasteiger charge is 2.30. The minimum Gasteiger partial charge on any atom is -0.406 e. The molecule has 0 bridgehead atoms. The third-order valence-corrected chi connectivity index (χ3v) is 3.72. The Morgan fingerprint density at radius 2 is 1.85 bits per heavy atom. The lowest BCUT2D eigenvalue weighted by atomic mass is 10.1. The van der Waals surface area contributed by atoms with Gasteiger partial charge in [-0.25, -0.2) is 4.98 Å². The molecule has 0 unspecified atom stereocenters. The van der Waals surface area contributed by atoms with Gasteiger partial charge in [0.05, 0.1) is 5.56 Å². The Labute approximate surface area is 156 Å². The molecule has 3 rings (SSSR count). The molecule has 0 radical (unpaired) electrons. The predicted molar refractivity (Wildman–Crippen MR) is 93.6 cm³/mol. The zero-order chi connectivity index (χ0) is 19.4. The number of ether oxygens (including phenoxy) is 1. The Morgan fingerprint density at radius 1 is 1.11 bits per heavy atom. The maximum atomic E-state index is 12.4. The molecule has 1 aromatic carbocycles. The first-order chi connectivity index (χ1) is 12.8. The second-order valence-electron chi connectivity index (χ2n) is 5.33. The van der Waals surface area contributed by atoms with E-state index in [0.717, 1.165) is 12.1 Å². The fraction of sp³-hybridized carbons (Fsp3) is 0.0556. The molecule has 0 atom stereocenters. The van der Waals surface area contributed by atoms with Crippen LogP contribution in [0.25, 0.3) is 11.1 Å². The second kappa shape index (κ2) is 7.63. The highest BCUT2D eigenvalue weighted by atomic mass is 35.5. The molecule has 0 fully saturated rings. The minimum atomic E-state index is -4.78. The Balaban J connectivity index is 1.77. The van der Waals surface area contributed by atoms with E-state index in [2.05, 4.69) is 20.0 Å². The van der Waals surface area contributed by atoms with E-state index < -0.39 is 12.3 Å². The van der Waals surface area contributed by atoms with Crippen LogP contribution in [0, 0.1) is 0 Å². The first-order valence-corrected chi connectivity index (χ1v) is 7.93. The van der Waals surface area contributed by atoms with Gasteiger partial charge in [0.25, 0.3) is 5.91 Å². The van der Waals surface area contributed by atoms with Gasteiger partial charge in [-0.1, -0.05) is 17.7 Å². The van der Waals surface area contributed by atoms with Crippen molar-refractivity contribution < 1.29 is 22.7 Å². The van der Waals surface area contributed by atoms with E-state index in [1.165, 1.54) is 18.3 Å². The smallest absolute Gasteiger partial charge is 0.406 e. The van der Waals surface area contributed by atoms with Gasteiger partial charge in [0.1, 0.15) is 10.9 Å². The fourth-order valence-corrected chi connectivity index (χ4v) is 2.45. The Bertz CT molecular complexity index is 948. The molecule has 2 aromatic heterocycles. The van der Waals surface area contributed by atoms with Gasteiger partial charge < -0.3 is 10.1 Å². The van der Waals surface area contributed by atoms with Gasteiger partial charge in [-0.05, 0) is 36.4 Å². The lowest BCUT2D eigenvalue weighted by Crippen LogP contribution is -2.17. The van der Waals surface area contributed by atoms with E-state index >= 15 is 0 Å². The number of hydrogen-bond acceptors (Lipinski definition) is 4. The molecule has 27 heavy (non-hydrogen) atoms. The number of benzene rings is 1. The van der Waals surface area contributed by atoms with Crippen LogP contribution in [-0.4, -0.2) is 22.2 Å². The van der Waals surface area contributed by atoms with Gasteiger partial charge in [0, 0.05) is 35.4 Å². The third kappa shape index (κ3) is 4.95. The van der Waals surface area contributed by atoms with Crippen LogP contribution >= 0.6 is 11.6 Å². The molecule has 9 heteroatoms. The lowest BCUT2D eigenvalue weighted by Gasteiger charge is -2.10. The summed E-state index contributed by atoms with van der Waals surface area (Å²) in [7, 11) is 0. The zero-order valence-corrected chi connectivity index (χ0v) is 14.3. The van der Waals surface area contributed by atoms with Crippen molar-refractivity contribution in [3.8, 4) is 16.9 Å². The topological polar surface area (TPSA) is 64.1 Å². The number of alkyl halides is 3. The standard InChI is InChI=1S/C18H11ClF3N3O2/c19-16-15(11-2-1-7-23-9-11)8-12(10-24-16)17(26)25-13-3-5-14(6-4-13)27-18(20,21)22/h1-10H,(H,25,26). The summed E-state index contributed by atoms with van der Waals surface area (Å²) in [5.74, 6) is -0.874. The molecule has 0 aliphatic heterocycles. The maximum absolute atomic E-state index is 12.4. The van der Waals surface area contributed by atoms with E-state index in [4.69, 9.17) is 11.6 Å². The molecule has 0 aliphatic rings. The number of pyridine rings is 2. The van der Waals surface area contributed by atoms with Crippen LogP contribution in [0.5, 0.6) is 5.75 Å². The first kappa shape index (κ1) is 18.7. The number of carbonyl (C=O) groups excluding carboxylic acids is 1. The highest BCUT2D eigenvalue weighted by Crippen LogP contribution is 2.27. The van der Waals surface area contributed by atoms with Crippen LogP contribution in [0.3, 0.4) is 0 Å². The van der Waals surface area contributed by atoms with E-state index in [-0.39, 0.29) is 16.5 Å². The largest absolute Gasteiger partial charge is 0.573 e. The number of hydrogen-bond donors (Lipinski definition) is 1. The minimum absolute atomic E-state index is 0.216. The SMILES string of the molecule is O=C(Nc1ccc(OC(F)(F)F)cc1)c1cnc(Cl)c(-c2cccnc2)c1. The van der Waals surface area contributed by atoms with Crippen LogP contribution in [-0.2, 0) is 0 Å². The lowest BCUT2D eigenvalue weighted by molar-refractivity contribution is -0.274. The molecule has 1 amide bonds. The number of anilines is 1. The van der Waals surface area contributed by atoms with Crippen LogP contribution in [0.4, 0.5) is 18.9 Å². The summed E-state index contributed by atoms with van der Waals surface area (Å²) in [5.41, 5.74) is 1.76. The summed E-state index contributed by atoms with van der Waals surface area (Å²) in [6.07, 6.45) is -0.279. The van der Waals surface area contributed by atoms with E-state index in [0.29, 0.717) is 16.8 Å². The molecule has 3 aromatic rings. The van der Waals surface area contributed by atoms with E-state index in [1.807, 2.05) is 0 Å². The number of nitrogens with zero attached hydrogens (tertiary/aromatic N) is 2. The molecule has 2 heterocycles. The van der Waals surface area contributed by atoms with Crippen molar-refractivity contribution in [2.24, 2.45) is 0 Å². The highest BCUT2D eigenvalue weighted by molar-refractivity contribution is 6.32. The number of rotatable bonds is 4. The molecule has 0 saturated heterocycles. The van der Waals surface area contributed by atoms with E-state index in [9.17, 15) is 18.0 Å². The number of halogens is 4. The number of carbonyl (C=O) groups is 1. The average Bonchev–Trinajstić information content (AvgIpc) is 2.63. The van der Waals surface area contributed by atoms with Crippen molar-refractivity contribution >= 4 is 23.2 Å². The quantitative estimate of drug-likeness (QED) is 0.637. The Kier molecular flexibility index (Phi) is 5.27. The number of nitrogens with one attached hydrogen (secondary N) is 1. The number of aromatic nitrogens is 2. The van der Waals surface area contributed by atoms with Crippen LogP contribution in [0.2, 0.25) is 5.15 Å². The van der Waals surface area contributed by atoms with Crippen molar-refractivity contribution in [2.45, 2.75) is 6.36 Å². The summed E-state index contributed by atoms with van der Waals surface area (Å²) in [5, 5.41) is 2.79. The maximum Gasteiger partial charge on any atom is 0.573 e. The van der Waals surface area contributed by atoms with Gasteiger partial charge >= 0.3 is 6.36 Å². The van der Waals surface area contributed by atoms with Gasteiger partial charge in [-0.2, -0.15) is 0 Å². The van der Waals surface area contributed by atoms with Crippen molar-refractivity contribution in [3.63, 3.8) is 0 Å². The molecule has 138 valence electrons. The van der Waals surface area contributed by atoms with Crippen LogP contribution in [0.1, 0.15) is 10.4 Å². The summed E-state index contributed by atoms with van der Waals surface area (Å²) in [6.45, 7) is 0. The zero-order valence-electron chi connectivity index (χ0n) is 13.5. The Morgan fingerprint density at radius 3 is 2.48 bits per heavy atom. The molecule has 5 nitrogen and oxygen atoms in total. The summed E-state index contributed by atoms with van der Waals surface area (Å²) >= 11 is 6.09. The fourth-order valence-electron chi connectivity index (χ4n) is 2.24. The molecular formula is C18H11ClF3N3O2. The molecule has 0 aliphatic carbocycles. The van der Waals surface area contributed by atoms with Crippen LogP contribution in [0.15, 0.2) is 61.1 Å². The third-order valence-electron chi connectivity index (χ3n) is 3.42. The summed E-state index contributed by atoms with van der Waals surface area (Å²) in [6, 6.07) is 9.85. The van der Waals surface area contributed by atoms with Crippen molar-refractivity contribution in [1.82, 2.24) is 9.97 Å². The predicted octanol–water partition coefficient (Wildman–Crippen LogP) is 4.95. The van der Waals surface area contributed by atoms with Gasteiger partial charge in [0.15, 0.2) is 0 Å². The van der Waals surface area contributed by atoms with E-state index in [1.54, 1.807) is 30.6 Å². The average molecular weight is 394 g/mol. The van der Waals surface area contributed by atoms with Crippen LogP contribution < -0.4 is 10.1 Å². The van der Waals surface area contributed by atoms with Gasteiger partial charge in [-0.15, -0.1) is 13.2 Å². The number of amides is 1. The summed E-state index contributed by atoms with van der Waals surface area (Å²) < 4.78 is 40.3. The van der Waals surface area contributed by atoms with Crippen molar-refractivity contribution in [1.29, 1.82) is 0 Å². The Hall–Kier alpha value is -3.13. The molecular weight excluding hydrogens is 383 g/mol. The first-order valence-electron chi connectivity index (χ1n) is 7.55. The van der Waals surface area contributed by atoms with Crippen molar-refractivity contribution in [2.75, 3.05) is 5.32 Å². The van der Waals surface area contributed by atoms with Gasteiger partial charge in [-0.3, -0.25) is 9.78 Å². The monoisotopic (exact) mass is 393 g/mol. The molecule has 0 saturated carbocycles. The molecule has 0 spiro atoms. The van der Waals surface area contributed by atoms with Crippen molar-refractivity contribution in [3.05, 3.63) is 71.8 Å². The molecule has 1 N–H and O–H groups in total. The normalized spacial score (nSPS) is 11.1. The second-order valence-corrected chi connectivity index (χ2v) is 5.69.